The fourth-order valence-corrected chi connectivity index (χ4v) is 3.77. The van der Waals surface area contributed by atoms with Crippen LogP contribution in [0.2, 0.25) is 10.0 Å². The highest BCUT2D eigenvalue weighted by Gasteiger charge is 2.34. The smallest absolute Gasteiger partial charge is 0.138 e. The lowest BCUT2D eigenvalue weighted by Crippen LogP contribution is -2.46. The second-order valence-electron chi connectivity index (χ2n) is 5.59. The number of fused-ring (bicyclic) bond motifs is 1. The molecule has 0 saturated carbocycles. The van der Waals surface area contributed by atoms with Gasteiger partial charge in [-0.1, -0.05) is 23.2 Å². The Balaban J connectivity index is 1.52. The van der Waals surface area contributed by atoms with Gasteiger partial charge in [0.2, 0.25) is 0 Å². The number of ether oxygens (including phenoxy) is 1. The lowest BCUT2D eigenvalue weighted by molar-refractivity contribution is 0.105. The predicted molar refractivity (Wildman–Crippen MR) is 82.9 cm³/mol. The van der Waals surface area contributed by atoms with Crippen molar-refractivity contribution in [3.05, 3.63) is 28.2 Å². The molecule has 0 radical (unpaired) electrons. The SMILES string of the molecule is Clc1ccc(OCCN2CCC[C@H]3CNC[C@H]32)c(Cl)c1. The van der Waals surface area contributed by atoms with Crippen LogP contribution in [0.5, 0.6) is 5.75 Å². The Morgan fingerprint density at radius 1 is 1.30 bits per heavy atom. The molecule has 0 aromatic heterocycles. The molecule has 2 atom stereocenters. The Morgan fingerprint density at radius 2 is 2.20 bits per heavy atom. The number of nitrogens with zero attached hydrogens (tertiary/aromatic N) is 1. The molecular formula is C15H20Cl2N2O. The average molecular weight is 315 g/mol. The molecule has 110 valence electrons. The monoisotopic (exact) mass is 314 g/mol. The Morgan fingerprint density at radius 3 is 3.05 bits per heavy atom. The normalized spacial score (nSPS) is 26.5. The fraction of sp³-hybridized carbons (Fsp3) is 0.600. The van der Waals surface area contributed by atoms with E-state index in [2.05, 4.69) is 10.2 Å². The van der Waals surface area contributed by atoms with Gasteiger partial charge in [0.1, 0.15) is 12.4 Å². The van der Waals surface area contributed by atoms with E-state index < -0.39 is 0 Å². The van der Waals surface area contributed by atoms with Crippen LogP contribution in [0.3, 0.4) is 0 Å². The Labute approximate surface area is 130 Å². The molecule has 20 heavy (non-hydrogen) atoms. The van der Waals surface area contributed by atoms with Crippen molar-refractivity contribution < 1.29 is 4.74 Å². The van der Waals surface area contributed by atoms with Crippen molar-refractivity contribution in [2.45, 2.75) is 18.9 Å². The number of hydrogen-bond acceptors (Lipinski definition) is 3. The number of hydrogen-bond donors (Lipinski definition) is 1. The summed E-state index contributed by atoms with van der Waals surface area (Å²) in [7, 11) is 0. The zero-order chi connectivity index (χ0) is 13.9. The van der Waals surface area contributed by atoms with E-state index in [-0.39, 0.29) is 0 Å². The van der Waals surface area contributed by atoms with Crippen molar-refractivity contribution in [1.29, 1.82) is 0 Å². The van der Waals surface area contributed by atoms with Gasteiger partial charge >= 0.3 is 0 Å². The van der Waals surface area contributed by atoms with Gasteiger partial charge in [-0.3, -0.25) is 4.90 Å². The molecule has 0 bridgehead atoms. The Hall–Kier alpha value is -0.480. The van der Waals surface area contributed by atoms with Gasteiger partial charge < -0.3 is 10.1 Å². The van der Waals surface area contributed by atoms with Gasteiger partial charge in [-0.05, 0) is 50.0 Å². The first-order chi connectivity index (χ1) is 9.74. The number of halogens is 2. The van der Waals surface area contributed by atoms with Crippen LogP contribution in [0.25, 0.3) is 0 Å². The maximum atomic E-state index is 6.11. The molecule has 3 nitrogen and oxygen atoms in total. The topological polar surface area (TPSA) is 24.5 Å². The molecule has 5 heteroatoms. The predicted octanol–water partition coefficient (Wildman–Crippen LogP) is 3.06. The minimum atomic E-state index is 0.580. The molecule has 2 aliphatic rings. The molecule has 1 N–H and O–H groups in total. The number of rotatable bonds is 4. The van der Waals surface area contributed by atoms with E-state index in [1.807, 2.05) is 6.07 Å². The average Bonchev–Trinajstić information content (AvgIpc) is 2.90. The van der Waals surface area contributed by atoms with Crippen LogP contribution >= 0.6 is 23.2 Å². The number of benzene rings is 1. The van der Waals surface area contributed by atoms with E-state index in [4.69, 9.17) is 27.9 Å². The molecule has 2 fully saturated rings. The van der Waals surface area contributed by atoms with Gasteiger partial charge in [-0.25, -0.2) is 0 Å². The standard InChI is InChI=1S/C15H20Cl2N2O/c16-12-3-4-15(13(17)8-12)20-7-6-19-5-1-2-11-9-18-10-14(11)19/h3-4,8,11,14,18H,1-2,5-7,9-10H2/t11-,14+/m0/s1. The summed E-state index contributed by atoms with van der Waals surface area (Å²) >= 11 is 12.0. The third-order valence-electron chi connectivity index (χ3n) is 4.32. The molecule has 2 aliphatic heterocycles. The molecular weight excluding hydrogens is 295 g/mol. The largest absolute Gasteiger partial charge is 0.491 e. The summed E-state index contributed by atoms with van der Waals surface area (Å²) in [6, 6.07) is 6.05. The molecule has 1 aromatic carbocycles. The lowest BCUT2D eigenvalue weighted by Gasteiger charge is -2.36. The second kappa shape index (κ2) is 6.52. The van der Waals surface area contributed by atoms with Crippen molar-refractivity contribution in [1.82, 2.24) is 10.2 Å². The molecule has 0 unspecified atom stereocenters. The second-order valence-corrected chi connectivity index (χ2v) is 6.43. The Kier molecular flexibility index (Phi) is 4.72. The number of piperidine rings is 1. The van der Waals surface area contributed by atoms with Gasteiger partial charge in [0, 0.05) is 24.2 Å². The van der Waals surface area contributed by atoms with E-state index in [9.17, 15) is 0 Å². The van der Waals surface area contributed by atoms with Crippen LogP contribution in [-0.2, 0) is 0 Å². The van der Waals surface area contributed by atoms with E-state index in [1.165, 1.54) is 25.9 Å². The quantitative estimate of drug-likeness (QED) is 0.924. The molecule has 2 heterocycles. The molecule has 3 rings (SSSR count). The molecule has 0 amide bonds. The summed E-state index contributed by atoms with van der Waals surface area (Å²) < 4.78 is 5.79. The zero-order valence-electron chi connectivity index (χ0n) is 11.4. The van der Waals surface area contributed by atoms with Crippen molar-refractivity contribution in [3.8, 4) is 5.75 Å². The first-order valence-electron chi connectivity index (χ1n) is 7.26. The van der Waals surface area contributed by atoms with Gasteiger partial charge in [-0.15, -0.1) is 0 Å². The van der Waals surface area contributed by atoms with Gasteiger partial charge in [0.05, 0.1) is 5.02 Å². The van der Waals surface area contributed by atoms with E-state index in [1.54, 1.807) is 12.1 Å². The summed E-state index contributed by atoms with van der Waals surface area (Å²) in [5.74, 6) is 1.54. The van der Waals surface area contributed by atoms with E-state index in [0.29, 0.717) is 28.4 Å². The van der Waals surface area contributed by atoms with Crippen LogP contribution < -0.4 is 10.1 Å². The summed E-state index contributed by atoms with van der Waals surface area (Å²) in [6.45, 7) is 5.10. The van der Waals surface area contributed by atoms with Crippen LogP contribution in [-0.4, -0.2) is 43.7 Å². The van der Waals surface area contributed by atoms with Crippen molar-refractivity contribution in [2.75, 3.05) is 32.8 Å². The lowest BCUT2D eigenvalue weighted by atomic mass is 9.92. The highest BCUT2D eigenvalue weighted by molar-refractivity contribution is 6.35. The van der Waals surface area contributed by atoms with Crippen molar-refractivity contribution in [2.24, 2.45) is 5.92 Å². The first kappa shape index (κ1) is 14.5. The van der Waals surface area contributed by atoms with Gasteiger partial charge in [0.25, 0.3) is 0 Å². The van der Waals surface area contributed by atoms with Crippen LogP contribution in [0.1, 0.15) is 12.8 Å². The van der Waals surface area contributed by atoms with E-state index in [0.717, 1.165) is 19.0 Å². The highest BCUT2D eigenvalue weighted by Crippen LogP contribution is 2.28. The minimum absolute atomic E-state index is 0.580. The molecule has 2 saturated heterocycles. The van der Waals surface area contributed by atoms with Crippen LogP contribution in [0, 0.1) is 5.92 Å². The first-order valence-corrected chi connectivity index (χ1v) is 8.02. The van der Waals surface area contributed by atoms with E-state index >= 15 is 0 Å². The van der Waals surface area contributed by atoms with Crippen LogP contribution in [0.4, 0.5) is 0 Å². The zero-order valence-corrected chi connectivity index (χ0v) is 13.0. The summed E-state index contributed by atoms with van der Waals surface area (Å²) in [4.78, 5) is 2.55. The number of nitrogens with one attached hydrogen (secondary N) is 1. The van der Waals surface area contributed by atoms with Crippen LogP contribution in [0.15, 0.2) is 18.2 Å². The summed E-state index contributed by atoms with van der Waals surface area (Å²) in [5.41, 5.74) is 0. The van der Waals surface area contributed by atoms with Gasteiger partial charge in [0.15, 0.2) is 0 Å². The maximum absolute atomic E-state index is 6.11. The minimum Gasteiger partial charge on any atom is -0.491 e. The maximum Gasteiger partial charge on any atom is 0.138 e. The molecule has 1 aromatic rings. The third-order valence-corrected chi connectivity index (χ3v) is 4.85. The fourth-order valence-electron chi connectivity index (χ4n) is 3.31. The van der Waals surface area contributed by atoms with Crippen molar-refractivity contribution >= 4 is 23.2 Å². The summed E-state index contributed by atoms with van der Waals surface area (Å²) in [6.07, 6.45) is 2.66. The molecule has 0 spiro atoms. The molecule has 0 aliphatic carbocycles. The highest BCUT2D eigenvalue weighted by atomic mass is 35.5. The van der Waals surface area contributed by atoms with Gasteiger partial charge in [-0.2, -0.15) is 0 Å². The van der Waals surface area contributed by atoms with Crippen molar-refractivity contribution in [3.63, 3.8) is 0 Å². The Bertz CT molecular complexity index is 469. The summed E-state index contributed by atoms with van der Waals surface area (Å²) in [5, 5.41) is 4.72. The number of likely N-dealkylation sites (tertiary alicyclic amines) is 1. The third kappa shape index (κ3) is 3.22.